The highest BCUT2D eigenvalue weighted by Gasteiger charge is 2.07. The van der Waals surface area contributed by atoms with Crippen LogP contribution in [0.5, 0.6) is 0 Å². The third-order valence-electron chi connectivity index (χ3n) is 2.71. The molecule has 0 aliphatic heterocycles. The standard InChI is InChI=1S/C15H14F2N2OS/c16-15(17)21-13-7-5-12(6-8-13)19-14(20)9-10-1-3-11(18)4-2-10/h1-8,15H,9,18H2,(H,19,20). The van der Waals surface area contributed by atoms with E-state index in [2.05, 4.69) is 5.32 Å². The van der Waals surface area contributed by atoms with Crippen molar-refractivity contribution in [2.75, 3.05) is 11.1 Å². The van der Waals surface area contributed by atoms with Gasteiger partial charge in [-0.05, 0) is 42.0 Å². The van der Waals surface area contributed by atoms with Crippen molar-refractivity contribution in [3.8, 4) is 0 Å². The van der Waals surface area contributed by atoms with Crippen molar-refractivity contribution in [3.05, 3.63) is 54.1 Å². The molecule has 0 bridgehead atoms. The summed E-state index contributed by atoms with van der Waals surface area (Å²) in [6.45, 7) is 0. The first-order valence-electron chi connectivity index (χ1n) is 6.22. The third-order valence-corrected chi connectivity index (χ3v) is 3.43. The van der Waals surface area contributed by atoms with Gasteiger partial charge in [0, 0.05) is 16.3 Å². The Labute approximate surface area is 125 Å². The SMILES string of the molecule is Nc1ccc(CC(=O)Nc2ccc(SC(F)F)cc2)cc1. The number of nitrogen functional groups attached to an aromatic ring is 1. The highest BCUT2D eigenvalue weighted by atomic mass is 32.2. The molecular formula is C15H14F2N2OS. The Hall–Kier alpha value is -2.08. The van der Waals surface area contributed by atoms with Crippen LogP contribution in [0.1, 0.15) is 5.56 Å². The number of alkyl halides is 2. The second kappa shape index (κ2) is 7.08. The van der Waals surface area contributed by atoms with E-state index >= 15 is 0 Å². The minimum absolute atomic E-state index is 0.172. The highest BCUT2D eigenvalue weighted by Crippen LogP contribution is 2.26. The number of benzene rings is 2. The largest absolute Gasteiger partial charge is 0.399 e. The van der Waals surface area contributed by atoms with Gasteiger partial charge in [-0.1, -0.05) is 23.9 Å². The number of nitrogens with two attached hydrogens (primary N) is 1. The number of nitrogens with one attached hydrogen (secondary N) is 1. The van der Waals surface area contributed by atoms with Gasteiger partial charge in [0.05, 0.1) is 6.42 Å². The summed E-state index contributed by atoms with van der Waals surface area (Å²) in [4.78, 5) is 12.3. The number of carbonyl (C=O) groups excluding carboxylic acids is 1. The van der Waals surface area contributed by atoms with Gasteiger partial charge < -0.3 is 11.1 Å². The van der Waals surface area contributed by atoms with E-state index in [0.29, 0.717) is 28.0 Å². The summed E-state index contributed by atoms with van der Waals surface area (Å²) in [5.74, 6) is -2.62. The first-order chi connectivity index (χ1) is 10.0. The Morgan fingerprint density at radius 1 is 1.10 bits per heavy atom. The van der Waals surface area contributed by atoms with Crippen LogP contribution in [0, 0.1) is 0 Å². The molecule has 3 N–H and O–H groups in total. The van der Waals surface area contributed by atoms with Crippen LogP contribution >= 0.6 is 11.8 Å². The molecule has 0 heterocycles. The minimum atomic E-state index is -2.45. The van der Waals surface area contributed by atoms with Crippen molar-refractivity contribution in [3.63, 3.8) is 0 Å². The van der Waals surface area contributed by atoms with Gasteiger partial charge in [-0.15, -0.1) is 0 Å². The molecule has 1 amide bonds. The van der Waals surface area contributed by atoms with Crippen LogP contribution in [0.3, 0.4) is 0 Å². The van der Waals surface area contributed by atoms with Crippen molar-refractivity contribution >= 4 is 29.0 Å². The molecule has 0 atom stereocenters. The zero-order valence-corrected chi connectivity index (χ0v) is 11.9. The van der Waals surface area contributed by atoms with Crippen LogP contribution < -0.4 is 11.1 Å². The molecule has 0 saturated carbocycles. The molecule has 0 radical (unpaired) electrons. The van der Waals surface area contributed by atoms with Crippen molar-refractivity contribution in [1.82, 2.24) is 0 Å². The molecule has 6 heteroatoms. The molecule has 0 aliphatic carbocycles. The van der Waals surface area contributed by atoms with Gasteiger partial charge in [-0.3, -0.25) is 4.79 Å². The first kappa shape index (κ1) is 15.3. The number of hydrogen-bond acceptors (Lipinski definition) is 3. The lowest BCUT2D eigenvalue weighted by Crippen LogP contribution is -2.14. The summed E-state index contributed by atoms with van der Waals surface area (Å²) >= 11 is 0.472. The van der Waals surface area contributed by atoms with E-state index in [-0.39, 0.29) is 12.3 Å². The maximum absolute atomic E-state index is 12.2. The molecule has 21 heavy (non-hydrogen) atoms. The van der Waals surface area contributed by atoms with Gasteiger partial charge in [0.1, 0.15) is 0 Å². The molecule has 2 aromatic carbocycles. The quantitative estimate of drug-likeness (QED) is 0.653. The van der Waals surface area contributed by atoms with E-state index in [1.54, 1.807) is 48.5 Å². The molecule has 3 nitrogen and oxygen atoms in total. The van der Waals surface area contributed by atoms with E-state index < -0.39 is 5.76 Å². The number of carbonyl (C=O) groups is 1. The Bertz CT molecular complexity index is 600. The monoisotopic (exact) mass is 308 g/mol. The van der Waals surface area contributed by atoms with Gasteiger partial charge in [0.2, 0.25) is 5.91 Å². The summed E-state index contributed by atoms with van der Waals surface area (Å²) in [7, 11) is 0. The minimum Gasteiger partial charge on any atom is -0.399 e. The summed E-state index contributed by atoms with van der Waals surface area (Å²) in [6, 6.07) is 13.4. The fourth-order valence-electron chi connectivity index (χ4n) is 1.75. The fourth-order valence-corrected chi connectivity index (χ4v) is 2.24. The van der Waals surface area contributed by atoms with Crippen LogP contribution in [0.25, 0.3) is 0 Å². The van der Waals surface area contributed by atoms with E-state index in [4.69, 9.17) is 5.73 Å². The third kappa shape index (κ3) is 5.07. The van der Waals surface area contributed by atoms with Gasteiger partial charge >= 0.3 is 0 Å². The maximum atomic E-state index is 12.2. The number of halogens is 2. The zero-order valence-electron chi connectivity index (χ0n) is 11.1. The molecule has 0 saturated heterocycles. The number of anilines is 2. The van der Waals surface area contributed by atoms with Crippen molar-refractivity contribution in [2.24, 2.45) is 0 Å². The normalized spacial score (nSPS) is 10.6. The average molecular weight is 308 g/mol. The smallest absolute Gasteiger partial charge is 0.288 e. The zero-order chi connectivity index (χ0) is 15.2. The molecule has 0 unspecified atom stereocenters. The molecule has 0 aliphatic rings. The van der Waals surface area contributed by atoms with E-state index in [1.807, 2.05) is 0 Å². The van der Waals surface area contributed by atoms with E-state index in [1.165, 1.54) is 0 Å². The Morgan fingerprint density at radius 3 is 2.29 bits per heavy atom. The first-order valence-corrected chi connectivity index (χ1v) is 7.10. The summed E-state index contributed by atoms with van der Waals surface area (Å²) < 4.78 is 24.4. The lowest BCUT2D eigenvalue weighted by molar-refractivity contribution is -0.115. The highest BCUT2D eigenvalue weighted by molar-refractivity contribution is 7.99. The molecule has 0 aromatic heterocycles. The Kier molecular flexibility index (Phi) is 5.16. The van der Waals surface area contributed by atoms with Gasteiger partial charge in [0.15, 0.2) is 0 Å². The van der Waals surface area contributed by atoms with Crippen molar-refractivity contribution in [1.29, 1.82) is 0 Å². The van der Waals surface area contributed by atoms with Crippen molar-refractivity contribution in [2.45, 2.75) is 17.1 Å². The van der Waals surface area contributed by atoms with Crippen LogP contribution in [-0.4, -0.2) is 11.7 Å². The number of hydrogen-bond donors (Lipinski definition) is 2. The second-order valence-electron chi connectivity index (χ2n) is 4.37. The number of rotatable bonds is 5. The van der Waals surface area contributed by atoms with Crippen molar-refractivity contribution < 1.29 is 13.6 Å². The average Bonchev–Trinajstić information content (AvgIpc) is 2.43. The lowest BCUT2D eigenvalue weighted by atomic mass is 10.1. The Balaban J connectivity index is 1.91. The van der Waals surface area contributed by atoms with Gasteiger partial charge in [-0.2, -0.15) is 8.78 Å². The van der Waals surface area contributed by atoms with Crippen LogP contribution in [0.4, 0.5) is 20.2 Å². The van der Waals surface area contributed by atoms with Crippen LogP contribution in [0.2, 0.25) is 0 Å². The van der Waals surface area contributed by atoms with E-state index in [9.17, 15) is 13.6 Å². The number of thioether (sulfide) groups is 1. The lowest BCUT2D eigenvalue weighted by Gasteiger charge is -2.07. The van der Waals surface area contributed by atoms with Crippen LogP contribution in [-0.2, 0) is 11.2 Å². The predicted molar refractivity (Wildman–Crippen MR) is 81.5 cm³/mol. The summed E-state index contributed by atoms with van der Waals surface area (Å²) in [5, 5.41) is 2.72. The number of amides is 1. The molecular weight excluding hydrogens is 294 g/mol. The summed E-state index contributed by atoms with van der Waals surface area (Å²) in [5.41, 5.74) is 7.65. The summed E-state index contributed by atoms with van der Waals surface area (Å²) in [6.07, 6.45) is 0.230. The van der Waals surface area contributed by atoms with Gasteiger partial charge in [-0.25, -0.2) is 0 Å². The van der Waals surface area contributed by atoms with Crippen LogP contribution in [0.15, 0.2) is 53.4 Å². The molecule has 0 fully saturated rings. The predicted octanol–water partition coefficient (Wildman–Crippen LogP) is 3.76. The topological polar surface area (TPSA) is 55.1 Å². The fraction of sp³-hybridized carbons (Fsp3) is 0.133. The molecule has 0 spiro atoms. The molecule has 110 valence electrons. The molecule has 2 aromatic rings. The maximum Gasteiger partial charge on any atom is 0.288 e. The van der Waals surface area contributed by atoms with Gasteiger partial charge in [0.25, 0.3) is 5.76 Å². The Morgan fingerprint density at radius 2 is 1.71 bits per heavy atom. The van der Waals surface area contributed by atoms with E-state index in [0.717, 1.165) is 5.56 Å². The molecule has 2 rings (SSSR count). The second-order valence-corrected chi connectivity index (χ2v) is 5.43.